The van der Waals surface area contributed by atoms with Crippen LogP contribution in [0.3, 0.4) is 0 Å². The molecule has 94 valence electrons. The van der Waals surface area contributed by atoms with Gasteiger partial charge in [0.15, 0.2) is 6.29 Å². The smallest absolute Gasteiger partial charge is 0.187 e. The van der Waals surface area contributed by atoms with Gasteiger partial charge in [0.2, 0.25) is 0 Å². The molecule has 1 aliphatic heterocycles. The van der Waals surface area contributed by atoms with Crippen LogP contribution in [-0.2, 0) is 18.9 Å². The predicted molar refractivity (Wildman–Crippen MR) is 58.1 cm³/mol. The van der Waals surface area contributed by atoms with Gasteiger partial charge < -0.3 is 24.1 Å². The van der Waals surface area contributed by atoms with Crippen molar-refractivity contribution in [3.63, 3.8) is 0 Å². The van der Waals surface area contributed by atoms with E-state index in [0.29, 0.717) is 6.61 Å². The van der Waals surface area contributed by atoms with E-state index in [4.69, 9.17) is 18.9 Å². The van der Waals surface area contributed by atoms with Crippen LogP contribution >= 0.6 is 0 Å². The van der Waals surface area contributed by atoms with Gasteiger partial charge in [0.25, 0.3) is 0 Å². The molecule has 0 radical (unpaired) electrons. The van der Waals surface area contributed by atoms with Crippen LogP contribution in [0.5, 0.6) is 0 Å². The minimum absolute atomic E-state index is 0.355. The van der Waals surface area contributed by atoms with Gasteiger partial charge in [-0.2, -0.15) is 0 Å². The molecule has 5 nitrogen and oxygen atoms in total. The lowest BCUT2D eigenvalue weighted by Crippen LogP contribution is -2.58. The first-order valence-electron chi connectivity index (χ1n) is 5.27. The Morgan fingerprint density at radius 1 is 1.31 bits per heavy atom. The zero-order chi connectivity index (χ0) is 12.1. The lowest BCUT2D eigenvalue weighted by atomic mass is 9.99. The van der Waals surface area contributed by atoms with Gasteiger partial charge in [0.05, 0.1) is 12.7 Å². The molecule has 1 N–H and O–H groups in total. The van der Waals surface area contributed by atoms with Crippen molar-refractivity contribution >= 4 is 0 Å². The normalized spacial score (nSPS) is 39.6. The first-order valence-corrected chi connectivity index (χ1v) is 5.27. The van der Waals surface area contributed by atoms with Crippen molar-refractivity contribution in [3.8, 4) is 0 Å². The maximum absolute atomic E-state index is 9.88. The monoisotopic (exact) mass is 232 g/mol. The van der Waals surface area contributed by atoms with Gasteiger partial charge in [-0.1, -0.05) is 6.08 Å². The fraction of sp³-hybridized carbons (Fsp3) is 0.818. The summed E-state index contributed by atoms with van der Waals surface area (Å²) in [5.41, 5.74) is 0. The molecule has 0 aromatic heterocycles. The Morgan fingerprint density at radius 3 is 2.44 bits per heavy atom. The van der Waals surface area contributed by atoms with Crippen LogP contribution in [-0.4, -0.2) is 56.6 Å². The third-order valence-electron chi connectivity index (χ3n) is 2.68. The lowest BCUT2D eigenvalue weighted by Gasteiger charge is -2.42. The first-order chi connectivity index (χ1) is 7.65. The van der Waals surface area contributed by atoms with E-state index in [1.54, 1.807) is 13.0 Å². The van der Waals surface area contributed by atoms with Gasteiger partial charge in [0.1, 0.15) is 18.3 Å². The minimum atomic E-state index is -0.724. The standard InChI is InChI=1S/C11H20O5/c1-5-6-15-11-10(14-4)9(13-3)8(12)7(2)16-11/h5,7-12H,1,6H2,2-4H3/t7-,8+,9-,10+,11-/m1/s1. The minimum Gasteiger partial charge on any atom is -0.388 e. The predicted octanol–water partition coefficient (Wildman–Crippen LogP) is 0.325. The van der Waals surface area contributed by atoms with E-state index in [0.717, 1.165) is 0 Å². The summed E-state index contributed by atoms with van der Waals surface area (Å²) in [6, 6.07) is 0. The Morgan fingerprint density at radius 2 is 1.94 bits per heavy atom. The summed E-state index contributed by atoms with van der Waals surface area (Å²) < 4.78 is 21.4. The lowest BCUT2D eigenvalue weighted by molar-refractivity contribution is -0.299. The van der Waals surface area contributed by atoms with Crippen molar-refractivity contribution in [2.45, 2.75) is 37.6 Å². The highest BCUT2D eigenvalue weighted by Crippen LogP contribution is 2.25. The van der Waals surface area contributed by atoms with Crippen molar-refractivity contribution in [2.75, 3.05) is 20.8 Å². The number of methoxy groups -OCH3 is 2. The number of ether oxygens (including phenoxy) is 4. The molecule has 1 fully saturated rings. The number of aliphatic hydroxyl groups excluding tert-OH is 1. The highest BCUT2D eigenvalue weighted by molar-refractivity contribution is 4.89. The average Bonchev–Trinajstić information content (AvgIpc) is 2.29. The van der Waals surface area contributed by atoms with Gasteiger partial charge in [-0.3, -0.25) is 0 Å². The SMILES string of the molecule is C=CCO[C@@H]1O[C@H](C)[C@H](O)[C@@H](OC)[C@@H]1OC. The maximum Gasteiger partial charge on any atom is 0.187 e. The van der Waals surface area contributed by atoms with Crippen LogP contribution in [0.1, 0.15) is 6.92 Å². The van der Waals surface area contributed by atoms with Crippen molar-refractivity contribution in [1.82, 2.24) is 0 Å². The average molecular weight is 232 g/mol. The molecule has 0 aromatic rings. The number of hydrogen-bond acceptors (Lipinski definition) is 5. The Bertz CT molecular complexity index is 220. The second-order valence-corrected chi connectivity index (χ2v) is 3.72. The summed E-state index contributed by atoms with van der Waals surface area (Å²) >= 11 is 0. The number of hydrogen-bond donors (Lipinski definition) is 1. The van der Waals surface area contributed by atoms with Crippen molar-refractivity contribution in [3.05, 3.63) is 12.7 Å². The molecular weight excluding hydrogens is 212 g/mol. The van der Waals surface area contributed by atoms with E-state index < -0.39 is 24.6 Å². The van der Waals surface area contributed by atoms with Crippen molar-refractivity contribution < 1.29 is 24.1 Å². The van der Waals surface area contributed by atoms with E-state index in [-0.39, 0.29) is 6.10 Å². The molecule has 0 aliphatic carbocycles. The van der Waals surface area contributed by atoms with Crippen molar-refractivity contribution in [2.24, 2.45) is 0 Å². The quantitative estimate of drug-likeness (QED) is 0.692. The van der Waals surface area contributed by atoms with Gasteiger partial charge in [-0.05, 0) is 6.92 Å². The van der Waals surface area contributed by atoms with Crippen LogP contribution in [0.15, 0.2) is 12.7 Å². The van der Waals surface area contributed by atoms with E-state index in [1.807, 2.05) is 0 Å². The van der Waals surface area contributed by atoms with Gasteiger partial charge in [-0.25, -0.2) is 0 Å². The van der Waals surface area contributed by atoms with Crippen molar-refractivity contribution in [1.29, 1.82) is 0 Å². The Balaban J connectivity index is 2.71. The highest BCUT2D eigenvalue weighted by Gasteiger charge is 2.44. The highest BCUT2D eigenvalue weighted by atomic mass is 16.7. The molecule has 5 heteroatoms. The van der Waals surface area contributed by atoms with E-state index in [9.17, 15) is 5.11 Å². The van der Waals surface area contributed by atoms with Gasteiger partial charge >= 0.3 is 0 Å². The summed E-state index contributed by atoms with van der Waals surface area (Å²) in [6.45, 7) is 5.70. The molecule has 0 spiro atoms. The summed E-state index contributed by atoms with van der Waals surface area (Å²) in [6.07, 6.45) is -0.899. The molecule has 0 saturated carbocycles. The molecular formula is C11H20O5. The molecule has 0 bridgehead atoms. The zero-order valence-corrected chi connectivity index (χ0v) is 9.96. The first kappa shape index (κ1) is 13.6. The van der Waals surface area contributed by atoms with E-state index in [2.05, 4.69) is 6.58 Å². The molecule has 1 aliphatic rings. The molecule has 0 amide bonds. The Hall–Kier alpha value is -0.460. The molecule has 5 atom stereocenters. The summed E-state index contributed by atoms with van der Waals surface area (Å²) in [5.74, 6) is 0. The number of aliphatic hydroxyl groups is 1. The second kappa shape index (κ2) is 6.32. The van der Waals surface area contributed by atoms with Crippen LogP contribution in [0, 0.1) is 0 Å². The van der Waals surface area contributed by atoms with Crippen LogP contribution < -0.4 is 0 Å². The summed E-state index contributed by atoms with van der Waals surface area (Å²) in [4.78, 5) is 0. The summed E-state index contributed by atoms with van der Waals surface area (Å²) in [5, 5.41) is 9.88. The number of rotatable bonds is 5. The topological polar surface area (TPSA) is 57.2 Å². The second-order valence-electron chi connectivity index (χ2n) is 3.72. The van der Waals surface area contributed by atoms with Crippen LogP contribution in [0.25, 0.3) is 0 Å². The molecule has 16 heavy (non-hydrogen) atoms. The molecule has 1 heterocycles. The Kier molecular flexibility index (Phi) is 5.37. The van der Waals surface area contributed by atoms with Gasteiger partial charge in [-0.15, -0.1) is 6.58 Å². The third kappa shape index (κ3) is 2.81. The Labute approximate surface area is 95.9 Å². The maximum atomic E-state index is 9.88. The van der Waals surface area contributed by atoms with E-state index in [1.165, 1.54) is 14.2 Å². The molecule has 1 saturated heterocycles. The fourth-order valence-electron chi connectivity index (χ4n) is 1.80. The molecule has 0 aromatic carbocycles. The fourth-order valence-corrected chi connectivity index (χ4v) is 1.80. The molecule has 0 unspecified atom stereocenters. The van der Waals surface area contributed by atoms with Crippen LogP contribution in [0.4, 0.5) is 0 Å². The third-order valence-corrected chi connectivity index (χ3v) is 2.68. The zero-order valence-electron chi connectivity index (χ0n) is 9.96. The molecule has 1 rings (SSSR count). The van der Waals surface area contributed by atoms with E-state index >= 15 is 0 Å². The largest absolute Gasteiger partial charge is 0.388 e. The van der Waals surface area contributed by atoms with Gasteiger partial charge in [0, 0.05) is 14.2 Å². The van der Waals surface area contributed by atoms with Crippen LogP contribution in [0.2, 0.25) is 0 Å². The summed E-state index contributed by atoms with van der Waals surface area (Å²) in [7, 11) is 3.07.